The Bertz CT molecular complexity index is 906. The SMILES string of the molecule is CC(=O)c1ccc(Oc2cccc(-n3cncn3)c2)c([N+](=O)[O-])c1. The van der Waals surface area contributed by atoms with Crippen LogP contribution in [0.3, 0.4) is 0 Å². The first-order chi connectivity index (χ1) is 11.5. The van der Waals surface area contributed by atoms with E-state index in [1.54, 1.807) is 28.9 Å². The lowest BCUT2D eigenvalue weighted by molar-refractivity contribution is -0.385. The third-order valence-corrected chi connectivity index (χ3v) is 3.29. The molecule has 1 heterocycles. The third kappa shape index (κ3) is 3.12. The Morgan fingerprint density at radius 2 is 2.08 bits per heavy atom. The average Bonchev–Trinajstić information content (AvgIpc) is 3.09. The first kappa shape index (κ1) is 15.3. The van der Waals surface area contributed by atoms with Crippen molar-refractivity contribution in [2.45, 2.75) is 6.92 Å². The van der Waals surface area contributed by atoms with E-state index in [1.807, 2.05) is 0 Å². The van der Waals surface area contributed by atoms with E-state index in [1.165, 1.54) is 37.8 Å². The highest BCUT2D eigenvalue weighted by atomic mass is 16.6. The van der Waals surface area contributed by atoms with Crippen LogP contribution in [0.2, 0.25) is 0 Å². The van der Waals surface area contributed by atoms with E-state index in [4.69, 9.17) is 4.74 Å². The van der Waals surface area contributed by atoms with Gasteiger partial charge in [0, 0.05) is 17.7 Å². The zero-order valence-electron chi connectivity index (χ0n) is 12.6. The number of benzene rings is 2. The van der Waals surface area contributed by atoms with Gasteiger partial charge in [-0.25, -0.2) is 9.67 Å². The molecule has 0 unspecified atom stereocenters. The van der Waals surface area contributed by atoms with Crippen molar-refractivity contribution >= 4 is 11.5 Å². The highest BCUT2D eigenvalue weighted by Gasteiger charge is 2.18. The number of hydrogen-bond donors (Lipinski definition) is 0. The van der Waals surface area contributed by atoms with Gasteiger partial charge in [-0.3, -0.25) is 14.9 Å². The zero-order chi connectivity index (χ0) is 17.1. The highest BCUT2D eigenvalue weighted by molar-refractivity contribution is 5.95. The molecule has 24 heavy (non-hydrogen) atoms. The fourth-order valence-corrected chi connectivity index (χ4v) is 2.12. The molecule has 0 radical (unpaired) electrons. The van der Waals surface area contributed by atoms with Crippen molar-refractivity contribution in [3.8, 4) is 17.2 Å². The number of aromatic nitrogens is 3. The Morgan fingerprint density at radius 3 is 2.75 bits per heavy atom. The summed E-state index contributed by atoms with van der Waals surface area (Å²) < 4.78 is 7.17. The molecule has 0 spiro atoms. The van der Waals surface area contributed by atoms with Crippen molar-refractivity contribution in [2.24, 2.45) is 0 Å². The predicted molar refractivity (Wildman–Crippen MR) is 84.5 cm³/mol. The summed E-state index contributed by atoms with van der Waals surface area (Å²) in [6.07, 6.45) is 2.93. The Morgan fingerprint density at radius 1 is 1.25 bits per heavy atom. The molecule has 8 nitrogen and oxygen atoms in total. The molecular formula is C16H12N4O4. The lowest BCUT2D eigenvalue weighted by Crippen LogP contribution is -1.99. The summed E-state index contributed by atoms with van der Waals surface area (Å²) in [6, 6.07) is 11.0. The summed E-state index contributed by atoms with van der Waals surface area (Å²) in [5.74, 6) is 0.209. The van der Waals surface area contributed by atoms with Crippen LogP contribution in [-0.4, -0.2) is 25.5 Å². The van der Waals surface area contributed by atoms with Gasteiger partial charge in [-0.15, -0.1) is 0 Å². The van der Waals surface area contributed by atoms with E-state index in [2.05, 4.69) is 10.1 Å². The quantitative estimate of drug-likeness (QED) is 0.406. The van der Waals surface area contributed by atoms with E-state index >= 15 is 0 Å². The van der Waals surface area contributed by atoms with Gasteiger partial charge in [-0.1, -0.05) is 6.07 Å². The van der Waals surface area contributed by atoms with Crippen LogP contribution in [0.5, 0.6) is 11.5 Å². The van der Waals surface area contributed by atoms with Gasteiger partial charge in [0.05, 0.1) is 10.6 Å². The monoisotopic (exact) mass is 324 g/mol. The summed E-state index contributed by atoms with van der Waals surface area (Å²) >= 11 is 0. The fourth-order valence-electron chi connectivity index (χ4n) is 2.12. The number of nitro groups is 1. The molecule has 0 saturated carbocycles. The van der Waals surface area contributed by atoms with Crippen LogP contribution in [0.25, 0.3) is 5.69 Å². The molecule has 0 aliphatic heterocycles. The van der Waals surface area contributed by atoms with Crippen LogP contribution < -0.4 is 4.74 Å². The van der Waals surface area contributed by atoms with Crippen molar-refractivity contribution in [1.29, 1.82) is 0 Å². The molecule has 3 rings (SSSR count). The molecule has 0 saturated heterocycles. The van der Waals surface area contributed by atoms with Gasteiger partial charge in [0.2, 0.25) is 5.75 Å². The maximum Gasteiger partial charge on any atom is 0.312 e. The van der Waals surface area contributed by atoms with E-state index in [0.717, 1.165) is 0 Å². The molecule has 3 aromatic rings. The Hall–Kier alpha value is -3.55. The number of carbonyl (C=O) groups is 1. The average molecular weight is 324 g/mol. The molecule has 2 aromatic carbocycles. The molecule has 120 valence electrons. The lowest BCUT2D eigenvalue weighted by atomic mass is 10.1. The second kappa shape index (κ2) is 6.29. The number of Topliss-reactive ketones (excluding diaryl/α,β-unsaturated/α-hetero) is 1. The number of ether oxygens (including phenoxy) is 1. The van der Waals surface area contributed by atoms with Gasteiger partial charge in [0.1, 0.15) is 18.4 Å². The van der Waals surface area contributed by atoms with E-state index in [0.29, 0.717) is 11.4 Å². The van der Waals surface area contributed by atoms with E-state index in [-0.39, 0.29) is 22.8 Å². The minimum absolute atomic E-state index is 0.0562. The van der Waals surface area contributed by atoms with Crippen LogP contribution in [0, 0.1) is 10.1 Å². The Balaban J connectivity index is 1.95. The number of carbonyl (C=O) groups excluding carboxylic acids is 1. The summed E-state index contributed by atoms with van der Waals surface area (Å²) in [5.41, 5.74) is 0.687. The first-order valence-electron chi connectivity index (χ1n) is 6.97. The fraction of sp³-hybridized carbons (Fsp3) is 0.0625. The van der Waals surface area contributed by atoms with Gasteiger partial charge in [0.25, 0.3) is 0 Å². The molecule has 0 aliphatic rings. The molecule has 0 fully saturated rings. The minimum atomic E-state index is -0.580. The van der Waals surface area contributed by atoms with Crippen LogP contribution in [0.4, 0.5) is 5.69 Å². The maximum atomic E-state index is 11.4. The van der Waals surface area contributed by atoms with Crippen molar-refractivity contribution in [2.75, 3.05) is 0 Å². The molecule has 0 bridgehead atoms. The van der Waals surface area contributed by atoms with Crippen molar-refractivity contribution in [3.63, 3.8) is 0 Å². The first-order valence-corrected chi connectivity index (χ1v) is 6.97. The van der Waals surface area contributed by atoms with Crippen LogP contribution in [0.15, 0.2) is 55.1 Å². The molecule has 0 aliphatic carbocycles. The van der Waals surface area contributed by atoms with Crippen LogP contribution in [-0.2, 0) is 0 Å². The number of hydrogen-bond acceptors (Lipinski definition) is 6. The second-order valence-corrected chi connectivity index (χ2v) is 4.94. The molecule has 8 heteroatoms. The minimum Gasteiger partial charge on any atom is -0.450 e. The molecule has 0 amide bonds. The van der Waals surface area contributed by atoms with Gasteiger partial charge in [0.15, 0.2) is 5.78 Å². The van der Waals surface area contributed by atoms with Crippen molar-refractivity contribution in [1.82, 2.24) is 14.8 Å². The summed E-state index contributed by atoms with van der Waals surface area (Å²) in [5, 5.41) is 15.2. The summed E-state index contributed by atoms with van der Waals surface area (Å²) in [7, 11) is 0. The Labute approximate surface area is 136 Å². The highest BCUT2D eigenvalue weighted by Crippen LogP contribution is 2.32. The predicted octanol–water partition coefficient (Wildman–Crippen LogP) is 3.17. The number of ketones is 1. The zero-order valence-corrected chi connectivity index (χ0v) is 12.6. The molecule has 0 N–H and O–H groups in total. The van der Waals surface area contributed by atoms with Crippen LogP contribution >= 0.6 is 0 Å². The second-order valence-electron chi connectivity index (χ2n) is 4.94. The number of rotatable bonds is 5. The maximum absolute atomic E-state index is 11.4. The van der Waals surface area contributed by atoms with Crippen molar-refractivity contribution in [3.05, 3.63) is 70.8 Å². The normalized spacial score (nSPS) is 10.4. The van der Waals surface area contributed by atoms with Crippen molar-refractivity contribution < 1.29 is 14.5 Å². The summed E-state index contributed by atoms with van der Waals surface area (Å²) in [6.45, 7) is 1.35. The largest absolute Gasteiger partial charge is 0.450 e. The molecule has 0 atom stereocenters. The number of nitro benzene ring substituents is 1. The van der Waals surface area contributed by atoms with Gasteiger partial charge < -0.3 is 4.74 Å². The topological polar surface area (TPSA) is 100 Å². The smallest absolute Gasteiger partial charge is 0.312 e. The Kier molecular flexibility index (Phi) is 4.02. The van der Waals surface area contributed by atoms with Gasteiger partial charge in [-0.2, -0.15) is 5.10 Å². The van der Waals surface area contributed by atoms with Crippen LogP contribution in [0.1, 0.15) is 17.3 Å². The third-order valence-electron chi connectivity index (χ3n) is 3.29. The van der Waals surface area contributed by atoms with Gasteiger partial charge >= 0.3 is 5.69 Å². The van der Waals surface area contributed by atoms with E-state index < -0.39 is 4.92 Å². The molecular weight excluding hydrogens is 312 g/mol. The number of nitrogens with zero attached hydrogens (tertiary/aromatic N) is 4. The standard InChI is InChI=1S/C16H12N4O4/c1-11(21)12-5-6-16(15(7-12)20(22)23)24-14-4-2-3-13(8-14)19-10-17-9-18-19/h2-10H,1H3. The molecule has 1 aromatic heterocycles. The van der Waals surface area contributed by atoms with E-state index in [9.17, 15) is 14.9 Å². The summed E-state index contributed by atoms with van der Waals surface area (Å²) in [4.78, 5) is 25.9. The van der Waals surface area contributed by atoms with Gasteiger partial charge in [-0.05, 0) is 31.2 Å². The lowest BCUT2D eigenvalue weighted by Gasteiger charge is -2.08.